The first-order chi connectivity index (χ1) is 6.50. The molecule has 3 amide bonds. The number of hydrogen-bond acceptors (Lipinski definition) is 3. The Kier molecular flexibility index (Phi) is 3.10. The normalized spacial score (nSPS) is 26.6. The summed E-state index contributed by atoms with van der Waals surface area (Å²) in [5, 5.41) is 8.07. The zero-order valence-electron chi connectivity index (χ0n) is 8.81. The number of carbonyl (C=O) groups is 2. The zero-order chi connectivity index (χ0) is 10.8. The second kappa shape index (κ2) is 3.96. The second-order valence-corrected chi connectivity index (χ2v) is 3.88. The average Bonchev–Trinajstić information content (AvgIpc) is 2.38. The summed E-state index contributed by atoms with van der Waals surface area (Å²) >= 11 is 0. The molecule has 0 aromatic rings. The lowest BCUT2D eigenvalue weighted by atomic mass is 9.96. The molecule has 1 saturated heterocycles. The van der Waals surface area contributed by atoms with Gasteiger partial charge in [-0.3, -0.25) is 10.1 Å². The van der Waals surface area contributed by atoms with Crippen LogP contribution in [0, 0.1) is 0 Å². The molecule has 80 valence electrons. The van der Waals surface area contributed by atoms with Crippen molar-refractivity contribution in [2.45, 2.75) is 38.8 Å². The van der Waals surface area contributed by atoms with Gasteiger partial charge in [0.2, 0.25) is 0 Å². The lowest BCUT2D eigenvalue weighted by Crippen LogP contribution is -2.54. The molecule has 0 aliphatic carbocycles. The van der Waals surface area contributed by atoms with Crippen molar-refractivity contribution < 1.29 is 9.59 Å². The molecule has 3 N–H and O–H groups in total. The molecule has 1 atom stereocenters. The van der Waals surface area contributed by atoms with Gasteiger partial charge in [-0.1, -0.05) is 20.8 Å². The molecule has 0 saturated carbocycles. The van der Waals surface area contributed by atoms with E-state index in [0.29, 0.717) is 19.0 Å². The van der Waals surface area contributed by atoms with E-state index in [1.807, 2.05) is 20.8 Å². The van der Waals surface area contributed by atoms with Crippen LogP contribution >= 0.6 is 0 Å². The number of imide groups is 1. The van der Waals surface area contributed by atoms with Crippen LogP contribution in [0.4, 0.5) is 4.79 Å². The van der Waals surface area contributed by atoms with Crippen molar-refractivity contribution in [1.29, 1.82) is 0 Å². The molecule has 1 fully saturated rings. The number of urea groups is 1. The van der Waals surface area contributed by atoms with Gasteiger partial charge in [0.25, 0.3) is 5.91 Å². The van der Waals surface area contributed by atoms with E-state index >= 15 is 0 Å². The number of rotatable bonds is 4. The number of carbonyl (C=O) groups excluding carboxylic acids is 2. The Hall–Kier alpha value is -1.10. The average molecular weight is 199 g/mol. The van der Waals surface area contributed by atoms with Crippen molar-refractivity contribution in [3.05, 3.63) is 0 Å². The van der Waals surface area contributed by atoms with Crippen molar-refractivity contribution >= 4 is 11.9 Å². The van der Waals surface area contributed by atoms with Gasteiger partial charge in [0.1, 0.15) is 5.54 Å². The number of hydrogen-bond donors (Lipinski definition) is 3. The van der Waals surface area contributed by atoms with Gasteiger partial charge >= 0.3 is 6.03 Å². The van der Waals surface area contributed by atoms with E-state index in [9.17, 15) is 9.59 Å². The van der Waals surface area contributed by atoms with E-state index in [1.54, 1.807) is 0 Å². The third kappa shape index (κ3) is 2.04. The van der Waals surface area contributed by atoms with Crippen LogP contribution in [0.3, 0.4) is 0 Å². The lowest BCUT2D eigenvalue weighted by molar-refractivity contribution is -0.124. The highest BCUT2D eigenvalue weighted by Crippen LogP contribution is 2.14. The van der Waals surface area contributed by atoms with Gasteiger partial charge in [0, 0.05) is 12.6 Å². The van der Waals surface area contributed by atoms with Crippen molar-refractivity contribution in [3.8, 4) is 0 Å². The van der Waals surface area contributed by atoms with Gasteiger partial charge in [-0.15, -0.1) is 0 Å². The Balaban J connectivity index is 2.66. The molecule has 5 heteroatoms. The summed E-state index contributed by atoms with van der Waals surface area (Å²) in [5.41, 5.74) is -0.763. The minimum Gasteiger partial charge on any atom is -0.322 e. The molecule has 0 spiro atoms. The van der Waals surface area contributed by atoms with Crippen molar-refractivity contribution in [3.63, 3.8) is 0 Å². The summed E-state index contributed by atoms with van der Waals surface area (Å²) in [7, 11) is 0. The summed E-state index contributed by atoms with van der Waals surface area (Å²) in [4.78, 5) is 22.5. The third-order valence-electron chi connectivity index (χ3n) is 2.43. The molecule has 0 aromatic heterocycles. The molecule has 14 heavy (non-hydrogen) atoms. The summed E-state index contributed by atoms with van der Waals surface area (Å²) in [6.07, 6.45) is 0.588. The summed E-state index contributed by atoms with van der Waals surface area (Å²) < 4.78 is 0. The van der Waals surface area contributed by atoms with E-state index in [2.05, 4.69) is 16.0 Å². The topological polar surface area (TPSA) is 70.2 Å². The Bertz CT molecular complexity index is 252. The fourth-order valence-electron chi connectivity index (χ4n) is 1.40. The van der Waals surface area contributed by atoms with Crippen LogP contribution in [0.1, 0.15) is 27.2 Å². The smallest absolute Gasteiger partial charge is 0.322 e. The quantitative estimate of drug-likeness (QED) is 0.557. The molecule has 1 aliphatic heterocycles. The zero-order valence-corrected chi connectivity index (χ0v) is 8.81. The van der Waals surface area contributed by atoms with Crippen LogP contribution in [-0.4, -0.2) is 30.1 Å². The van der Waals surface area contributed by atoms with Crippen LogP contribution in [-0.2, 0) is 4.79 Å². The Morgan fingerprint density at radius 3 is 2.43 bits per heavy atom. The fraction of sp³-hybridized carbons (Fsp3) is 0.778. The molecule has 1 aliphatic rings. The van der Waals surface area contributed by atoms with Gasteiger partial charge in [-0.25, -0.2) is 4.79 Å². The van der Waals surface area contributed by atoms with E-state index in [1.165, 1.54) is 0 Å². The highest BCUT2D eigenvalue weighted by atomic mass is 16.2. The molecule has 1 heterocycles. The first-order valence-electron chi connectivity index (χ1n) is 4.87. The molecular weight excluding hydrogens is 182 g/mol. The van der Waals surface area contributed by atoms with E-state index in [4.69, 9.17) is 0 Å². The van der Waals surface area contributed by atoms with E-state index in [0.717, 1.165) is 0 Å². The Morgan fingerprint density at radius 1 is 1.43 bits per heavy atom. The van der Waals surface area contributed by atoms with E-state index in [-0.39, 0.29) is 5.91 Å². The molecule has 0 radical (unpaired) electrons. The first kappa shape index (κ1) is 11.0. The fourth-order valence-corrected chi connectivity index (χ4v) is 1.40. The van der Waals surface area contributed by atoms with Crippen LogP contribution < -0.4 is 16.0 Å². The monoisotopic (exact) mass is 199 g/mol. The van der Waals surface area contributed by atoms with Gasteiger partial charge < -0.3 is 10.6 Å². The maximum Gasteiger partial charge on any atom is 0.322 e. The molecule has 0 bridgehead atoms. The van der Waals surface area contributed by atoms with Gasteiger partial charge in [0.15, 0.2) is 0 Å². The van der Waals surface area contributed by atoms with Crippen LogP contribution in [0.5, 0.6) is 0 Å². The minimum atomic E-state index is -0.763. The maximum absolute atomic E-state index is 11.5. The lowest BCUT2D eigenvalue weighted by Gasteiger charge is -2.25. The standard InChI is InChI=1S/C9H17N3O2/c1-4-9(5-10-6(2)3)7(13)11-8(14)12-9/h6,10H,4-5H2,1-3H3,(H2,11,12,13,14). The van der Waals surface area contributed by atoms with Gasteiger partial charge in [0.05, 0.1) is 0 Å². The Labute approximate surface area is 83.6 Å². The summed E-state index contributed by atoms with van der Waals surface area (Å²) in [5.74, 6) is -0.238. The largest absolute Gasteiger partial charge is 0.322 e. The molecule has 5 nitrogen and oxygen atoms in total. The van der Waals surface area contributed by atoms with Gasteiger partial charge in [-0.2, -0.15) is 0 Å². The Morgan fingerprint density at radius 2 is 2.07 bits per heavy atom. The summed E-state index contributed by atoms with van der Waals surface area (Å²) in [6, 6.07) is -0.105. The number of nitrogens with one attached hydrogen (secondary N) is 3. The third-order valence-corrected chi connectivity index (χ3v) is 2.43. The first-order valence-corrected chi connectivity index (χ1v) is 4.87. The van der Waals surface area contributed by atoms with Crippen molar-refractivity contribution in [2.24, 2.45) is 0 Å². The molecular formula is C9H17N3O2. The second-order valence-electron chi connectivity index (χ2n) is 3.88. The van der Waals surface area contributed by atoms with Crippen LogP contribution in [0.2, 0.25) is 0 Å². The SMILES string of the molecule is CCC1(CNC(C)C)NC(=O)NC1=O. The summed E-state index contributed by atoms with van der Waals surface area (Å²) in [6.45, 7) is 6.35. The maximum atomic E-state index is 11.5. The predicted octanol–water partition coefficient (Wildman–Crippen LogP) is -0.0274. The molecule has 1 unspecified atom stereocenters. The van der Waals surface area contributed by atoms with Crippen LogP contribution in [0.15, 0.2) is 0 Å². The highest BCUT2D eigenvalue weighted by Gasteiger charge is 2.44. The van der Waals surface area contributed by atoms with Crippen LogP contribution in [0.25, 0.3) is 0 Å². The van der Waals surface area contributed by atoms with Crippen molar-refractivity contribution in [1.82, 2.24) is 16.0 Å². The predicted molar refractivity (Wildman–Crippen MR) is 52.8 cm³/mol. The van der Waals surface area contributed by atoms with Crippen molar-refractivity contribution in [2.75, 3.05) is 6.54 Å². The van der Waals surface area contributed by atoms with Gasteiger partial charge in [-0.05, 0) is 6.42 Å². The minimum absolute atomic E-state index is 0.238. The molecule has 0 aromatic carbocycles. The van der Waals surface area contributed by atoms with E-state index < -0.39 is 11.6 Å². The molecule has 1 rings (SSSR count). The highest BCUT2D eigenvalue weighted by molar-refractivity contribution is 6.07. The number of amides is 3.